The monoisotopic (exact) mass is 333 g/mol. The minimum Gasteiger partial charge on any atom is -0.375 e. The summed E-state index contributed by atoms with van der Waals surface area (Å²) in [7, 11) is 1.55. The number of carbonyl (C=O) groups excluding carboxylic acids is 1. The largest absolute Gasteiger partial charge is 0.375 e. The maximum absolute atomic E-state index is 11.8. The number of hydrogen-bond acceptors (Lipinski definition) is 6. The van der Waals surface area contributed by atoms with E-state index in [0.717, 1.165) is 31.3 Å². The van der Waals surface area contributed by atoms with E-state index >= 15 is 0 Å². The number of aromatic nitrogens is 2. The molecule has 2 aliphatic heterocycles. The van der Waals surface area contributed by atoms with Crippen molar-refractivity contribution in [1.29, 1.82) is 0 Å². The van der Waals surface area contributed by atoms with Gasteiger partial charge < -0.3 is 19.4 Å². The molecule has 0 N–H and O–H groups in total. The zero-order valence-corrected chi connectivity index (χ0v) is 14.6. The standard InChI is InChI=1S/C17H27N5O2/c1-14-5-3-4-8-22(14)16-7-6-15(18-19-16)20-9-11-21(12-10-20)17(23)13-24-2/h6-7,14H,3-5,8-13H2,1-2H3/t14-/m0/s1. The van der Waals surface area contributed by atoms with Gasteiger partial charge in [0.15, 0.2) is 11.6 Å². The lowest BCUT2D eigenvalue weighted by atomic mass is 10.0. The fourth-order valence-electron chi connectivity index (χ4n) is 3.48. The van der Waals surface area contributed by atoms with Crippen LogP contribution in [-0.4, -0.2) is 73.5 Å². The van der Waals surface area contributed by atoms with E-state index in [2.05, 4.69) is 39.1 Å². The zero-order chi connectivity index (χ0) is 16.9. The van der Waals surface area contributed by atoms with Crippen molar-refractivity contribution >= 4 is 17.5 Å². The van der Waals surface area contributed by atoms with E-state index in [1.54, 1.807) is 7.11 Å². The van der Waals surface area contributed by atoms with Gasteiger partial charge in [0, 0.05) is 45.9 Å². The Kier molecular flexibility index (Phi) is 5.50. The van der Waals surface area contributed by atoms with Crippen molar-refractivity contribution in [3.05, 3.63) is 12.1 Å². The highest BCUT2D eigenvalue weighted by Gasteiger charge is 2.23. The Morgan fingerprint density at radius 1 is 1.12 bits per heavy atom. The van der Waals surface area contributed by atoms with Crippen LogP contribution in [0.15, 0.2) is 12.1 Å². The second kappa shape index (κ2) is 7.79. The molecule has 24 heavy (non-hydrogen) atoms. The molecule has 0 spiro atoms. The zero-order valence-electron chi connectivity index (χ0n) is 14.6. The Bertz CT molecular complexity index is 542. The number of piperidine rings is 1. The summed E-state index contributed by atoms with van der Waals surface area (Å²) in [6.45, 7) is 6.44. The fraction of sp³-hybridized carbons (Fsp3) is 0.706. The highest BCUT2D eigenvalue weighted by Crippen LogP contribution is 2.23. The number of rotatable bonds is 4. The van der Waals surface area contributed by atoms with Crippen molar-refractivity contribution < 1.29 is 9.53 Å². The molecule has 1 amide bonds. The van der Waals surface area contributed by atoms with Gasteiger partial charge in [-0.05, 0) is 38.3 Å². The Balaban J connectivity index is 1.57. The first kappa shape index (κ1) is 17.0. The lowest BCUT2D eigenvalue weighted by molar-refractivity contribution is -0.135. The van der Waals surface area contributed by atoms with Gasteiger partial charge in [-0.1, -0.05) is 0 Å². The third-order valence-corrected chi connectivity index (χ3v) is 4.96. The van der Waals surface area contributed by atoms with Crippen LogP contribution in [-0.2, 0) is 9.53 Å². The summed E-state index contributed by atoms with van der Waals surface area (Å²) in [4.78, 5) is 18.2. The Labute approximate surface area is 143 Å². The SMILES string of the molecule is COCC(=O)N1CCN(c2ccc(N3CCCC[C@@H]3C)nn2)CC1. The van der Waals surface area contributed by atoms with Crippen LogP contribution in [0.1, 0.15) is 26.2 Å². The molecule has 7 nitrogen and oxygen atoms in total. The molecule has 7 heteroatoms. The highest BCUT2D eigenvalue weighted by atomic mass is 16.5. The molecule has 2 aliphatic rings. The number of carbonyl (C=O) groups is 1. The van der Waals surface area contributed by atoms with Crippen molar-refractivity contribution in [1.82, 2.24) is 15.1 Å². The number of nitrogens with zero attached hydrogens (tertiary/aromatic N) is 5. The van der Waals surface area contributed by atoms with E-state index in [4.69, 9.17) is 4.74 Å². The van der Waals surface area contributed by atoms with Crippen molar-refractivity contribution in [2.75, 3.05) is 56.2 Å². The minimum absolute atomic E-state index is 0.0534. The van der Waals surface area contributed by atoms with Gasteiger partial charge in [-0.3, -0.25) is 4.79 Å². The van der Waals surface area contributed by atoms with E-state index in [0.29, 0.717) is 19.1 Å². The van der Waals surface area contributed by atoms with Gasteiger partial charge in [0.25, 0.3) is 0 Å². The lowest BCUT2D eigenvalue weighted by Crippen LogP contribution is -2.50. The second-order valence-corrected chi connectivity index (χ2v) is 6.59. The molecule has 3 heterocycles. The van der Waals surface area contributed by atoms with Gasteiger partial charge in [-0.15, -0.1) is 10.2 Å². The summed E-state index contributed by atoms with van der Waals surface area (Å²) < 4.78 is 4.92. The number of hydrogen-bond donors (Lipinski definition) is 0. The van der Waals surface area contributed by atoms with Crippen LogP contribution in [0.25, 0.3) is 0 Å². The van der Waals surface area contributed by atoms with Crippen LogP contribution < -0.4 is 9.80 Å². The first-order chi connectivity index (χ1) is 11.7. The second-order valence-electron chi connectivity index (χ2n) is 6.59. The van der Waals surface area contributed by atoms with Gasteiger partial charge in [0.2, 0.25) is 5.91 Å². The fourth-order valence-corrected chi connectivity index (χ4v) is 3.48. The van der Waals surface area contributed by atoms with Crippen LogP contribution in [0.4, 0.5) is 11.6 Å². The number of anilines is 2. The molecule has 0 saturated carbocycles. The van der Waals surface area contributed by atoms with Crippen molar-refractivity contribution in [2.45, 2.75) is 32.2 Å². The van der Waals surface area contributed by atoms with Gasteiger partial charge in [0.05, 0.1) is 0 Å². The van der Waals surface area contributed by atoms with E-state index in [1.807, 2.05) is 4.90 Å². The normalized spacial score (nSPS) is 21.9. The topological polar surface area (TPSA) is 61.8 Å². The Morgan fingerprint density at radius 2 is 1.83 bits per heavy atom. The predicted octanol–water partition coefficient (Wildman–Crippen LogP) is 1.15. The van der Waals surface area contributed by atoms with Crippen LogP contribution in [0.3, 0.4) is 0 Å². The van der Waals surface area contributed by atoms with Crippen molar-refractivity contribution in [3.63, 3.8) is 0 Å². The van der Waals surface area contributed by atoms with E-state index < -0.39 is 0 Å². The summed E-state index contributed by atoms with van der Waals surface area (Å²) in [5.41, 5.74) is 0. The van der Waals surface area contributed by atoms with Crippen LogP contribution >= 0.6 is 0 Å². The summed E-state index contributed by atoms with van der Waals surface area (Å²) in [5.74, 6) is 1.92. The number of piperazine rings is 1. The average Bonchev–Trinajstić information content (AvgIpc) is 2.63. The summed E-state index contributed by atoms with van der Waals surface area (Å²) in [6.07, 6.45) is 3.75. The minimum atomic E-state index is 0.0534. The predicted molar refractivity (Wildman–Crippen MR) is 93.4 cm³/mol. The van der Waals surface area contributed by atoms with Crippen LogP contribution in [0.2, 0.25) is 0 Å². The van der Waals surface area contributed by atoms with Gasteiger partial charge in [-0.2, -0.15) is 0 Å². The average molecular weight is 333 g/mol. The molecular formula is C17H27N5O2. The van der Waals surface area contributed by atoms with Gasteiger partial charge in [-0.25, -0.2) is 0 Å². The maximum atomic E-state index is 11.8. The molecule has 2 saturated heterocycles. The molecule has 0 aliphatic carbocycles. The Hall–Kier alpha value is -1.89. The third-order valence-electron chi connectivity index (χ3n) is 4.96. The molecule has 2 fully saturated rings. The number of ether oxygens (including phenoxy) is 1. The number of methoxy groups -OCH3 is 1. The molecular weight excluding hydrogens is 306 g/mol. The Morgan fingerprint density at radius 3 is 2.46 bits per heavy atom. The molecule has 0 aromatic carbocycles. The van der Waals surface area contributed by atoms with Crippen LogP contribution in [0, 0.1) is 0 Å². The molecule has 0 unspecified atom stereocenters. The third kappa shape index (κ3) is 3.77. The maximum Gasteiger partial charge on any atom is 0.248 e. The summed E-state index contributed by atoms with van der Waals surface area (Å²) in [5, 5.41) is 8.87. The van der Waals surface area contributed by atoms with E-state index in [9.17, 15) is 4.79 Å². The van der Waals surface area contributed by atoms with Crippen LogP contribution in [0.5, 0.6) is 0 Å². The molecule has 0 radical (unpaired) electrons. The van der Waals surface area contributed by atoms with Crippen molar-refractivity contribution in [3.8, 4) is 0 Å². The molecule has 0 bridgehead atoms. The number of amides is 1. The van der Waals surface area contributed by atoms with E-state index in [1.165, 1.54) is 19.3 Å². The molecule has 1 aromatic rings. The van der Waals surface area contributed by atoms with Gasteiger partial charge >= 0.3 is 0 Å². The summed E-state index contributed by atoms with van der Waals surface area (Å²) in [6, 6.07) is 4.66. The molecule has 3 rings (SSSR count). The smallest absolute Gasteiger partial charge is 0.248 e. The first-order valence-electron chi connectivity index (χ1n) is 8.81. The summed E-state index contributed by atoms with van der Waals surface area (Å²) >= 11 is 0. The molecule has 1 atom stereocenters. The van der Waals surface area contributed by atoms with Gasteiger partial charge in [0.1, 0.15) is 6.61 Å². The quantitative estimate of drug-likeness (QED) is 0.824. The lowest BCUT2D eigenvalue weighted by Gasteiger charge is -2.36. The van der Waals surface area contributed by atoms with E-state index in [-0.39, 0.29) is 12.5 Å². The van der Waals surface area contributed by atoms with Crippen molar-refractivity contribution in [2.24, 2.45) is 0 Å². The molecule has 132 valence electrons. The molecule has 1 aromatic heterocycles. The highest BCUT2D eigenvalue weighted by molar-refractivity contribution is 5.77. The first-order valence-corrected chi connectivity index (χ1v) is 8.81.